The molecule has 1 aliphatic heterocycles. The van der Waals surface area contributed by atoms with Crippen LogP contribution in [0.25, 0.3) is 0 Å². The molecule has 0 unspecified atom stereocenters. The lowest BCUT2D eigenvalue weighted by atomic mass is 9.77. The van der Waals surface area contributed by atoms with E-state index >= 15 is 0 Å². The second-order valence-electron chi connectivity index (χ2n) is 5.73. The minimum Gasteiger partial charge on any atom is -0.375 e. The van der Waals surface area contributed by atoms with E-state index in [4.69, 9.17) is 0 Å². The predicted octanol–water partition coefficient (Wildman–Crippen LogP) is 5.41. The largest absolute Gasteiger partial charge is 0.375 e. The zero-order valence-corrected chi connectivity index (χ0v) is 13.0. The van der Waals surface area contributed by atoms with Crippen LogP contribution in [0, 0.1) is 11.7 Å². The molecule has 0 fully saturated rings. The van der Waals surface area contributed by atoms with Gasteiger partial charge in [0.15, 0.2) is 0 Å². The van der Waals surface area contributed by atoms with E-state index in [0.29, 0.717) is 17.5 Å². The monoisotopic (exact) mass is 343 g/mol. The Labute approximate surface area is 132 Å². The number of allylic oxidation sites excluding steroid dienone is 2. The fourth-order valence-corrected chi connectivity index (χ4v) is 3.85. The average molecular weight is 344 g/mol. The van der Waals surface area contributed by atoms with Crippen molar-refractivity contribution in [1.29, 1.82) is 0 Å². The molecule has 4 rings (SSSR count). The highest BCUT2D eigenvalue weighted by molar-refractivity contribution is 9.10. The molecule has 1 nitrogen and oxygen atoms in total. The van der Waals surface area contributed by atoms with Gasteiger partial charge >= 0.3 is 0 Å². The molecule has 21 heavy (non-hydrogen) atoms. The summed E-state index contributed by atoms with van der Waals surface area (Å²) in [4.78, 5) is 0. The van der Waals surface area contributed by atoms with Crippen LogP contribution in [0.1, 0.15) is 29.5 Å². The summed E-state index contributed by atoms with van der Waals surface area (Å²) in [5.41, 5.74) is 2.96. The third-order valence-electron chi connectivity index (χ3n) is 4.58. The summed E-state index contributed by atoms with van der Waals surface area (Å²) in [5.74, 6) is 0.611. The van der Waals surface area contributed by atoms with Gasteiger partial charge in [0.05, 0.1) is 11.7 Å². The van der Waals surface area contributed by atoms with Crippen LogP contribution in [0.2, 0.25) is 0 Å². The summed E-state index contributed by atoms with van der Waals surface area (Å²) in [6, 6.07) is 13.9. The van der Waals surface area contributed by atoms with Crippen LogP contribution in [0.5, 0.6) is 0 Å². The normalized spacial score (nSPS) is 26.1. The van der Waals surface area contributed by atoms with Gasteiger partial charge < -0.3 is 5.32 Å². The van der Waals surface area contributed by atoms with Gasteiger partial charge in [-0.2, -0.15) is 0 Å². The predicted molar refractivity (Wildman–Crippen MR) is 86.9 cm³/mol. The summed E-state index contributed by atoms with van der Waals surface area (Å²) < 4.78 is 15.3. The maximum absolute atomic E-state index is 14.2. The van der Waals surface area contributed by atoms with E-state index < -0.39 is 0 Å². The van der Waals surface area contributed by atoms with Crippen LogP contribution >= 0.6 is 15.9 Å². The molecule has 0 radical (unpaired) electrons. The summed E-state index contributed by atoms with van der Waals surface area (Å²) >= 11 is 3.47. The Morgan fingerprint density at radius 1 is 1.10 bits per heavy atom. The number of benzene rings is 2. The van der Waals surface area contributed by atoms with Crippen molar-refractivity contribution in [1.82, 2.24) is 0 Å². The lowest BCUT2D eigenvalue weighted by Gasteiger charge is -2.37. The highest BCUT2D eigenvalue weighted by Crippen LogP contribution is 2.50. The molecule has 3 heteroatoms. The molecule has 2 aromatic carbocycles. The molecule has 0 bridgehead atoms. The second-order valence-corrected chi connectivity index (χ2v) is 6.65. The third-order valence-corrected chi connectivity index (χ3v) is 5.10. The van der Waals surface area contributed by atoms with Gasteiger partial charge in [-0.25, -0.2) is 4.39 Å². The first-order chi connectivity index (χ1) is 10.2. The van der Waals surface area contributed by atoms with E-state index in [1.165, 1.54) is 11.6 Å². The SMILES string of the molecule is Fc1cccc2c1N[C@H](c1ccc(Br)cc1)[C@H]1CC=C[C@H]21. The molecule has 0 aromatic heterocycles. The number of rotatable bonds is 1. The van der Waals surface area contributed by atoms with E-state index in [0.717, 1.165) is 16.5 Å². The Balaban J connectivity index is 1.81. The molecule has 2 aliphatic rings. The quantitative estimate of drug-likeness (QED) is 0.682. The van der Waals surface area contributed by atoms with Crippen molar-refractivity contribution in [3.8, 4) is 0 Å². The number of anilines is 1. The van der Waals surface area contributed by atoms with Crippen molar-refractivity contribution in [2.45, 2.75) is 18.4 Å². The molecule has 1 aliphatic carbocycles. The molecule has 0 saturated carbocycles. The summed E-state index contributed by atoms with van der Waals surface area (Å²) in [7, 11) is 0. The molecular formula is C18H15BrFN. The first-order valence-corrected chi connectivity index (χ1v) is 8.00. The molecular weight excluding hydrogens is 329 g/mol. The van der Waals surface area contributed by atoms with Crippen molar-refractivity contribution >= 4 is 21.6 Å². The van der Waals surface area contributed by atoms with Crippen molar-refractivity contribution in [3.05, 3.63) is 76.0 Å². The molecule has 0 spiro atoms. The zero-order valence-electron chi connectivity index (χ0n) is 11.4. The molecule has 3 atom stereocenters. The lowest BCUT2D eigenvalue weighted by Crippen LogP contribution is -2.29. The van der Waals surface area contributed by atoms with Gasteiger partial charge in [-0.15, -0.1) is 0 Å². The van der Waals surface area contributed by atoms with E-state index in [2.05, 4.69) is 45.5 Å². The third kappa shape index (κ3) is 2.11. The number of hydrogen-bond acceptors (Lipinski definition) is 1. The Hall–Kier alpha value is -1.61. The zero-order chi connectivity index (χ0) is 14.4. The number of fused-ring (bicyclic) bond motifs is 3. The van der Waals surface area contributed by atoms with Crippen LogP contribution in [-0.2, 0) is 0 Å². The molecule has 106 valence electrons. The van der Waals surface area contributed by atoms with Gasteiger partial charge in [-0.1, -0.05) is 52.3 Å². The van der Waals surface area contributed by atoms with Gasteiger partial charge in [0, 0.05) is 10.4 Å². The maximum atomic E-state index is 14.2. The van der Waals surface area contributed by atoms with Gasteiger partial charge in [-0.05, 0) is 41.7 Å². The van der Waals surface area contributed by atoms with Crippen molar-refractivity contribution in [2.24, 2.45) is 5.92 Å². The Bertz CT molecular complexity index is 708. The summed E-state index contributed by atoms with van der Waals surface area (Å²) in [6.45, 7) is 0. The van der Waals surface area contributed by atoms with Crippen LogP contribution in [0.15, 0.2) is 59.1 Å². The average Bonchev–Trinajstić information content (AvgIpc) is 2.98. The number of halogens is 2. The summed E-state index contributed by atoms with van der Waals surface area (Å²) in [6.07, 6.45) is 5.49. The molecule has 1 N–H and O–H groups in total. The smallest absolute Gasteiger partial charge is 0.146 e. The minimum absolute atomic E-state index is 0.155. The second kappa shape index (κ2) is 4.99. The fraction of sp³-hybridized carbons (Fsp3) is 0.222. The maximum Gasteiger partial charge on any atom is 0.146 e. The van der Waals surface area contributed by atoms with E-state index in [9.17, 15) is 4.39 Å². The first-order valence-electron chi connectivity index (χ1n) is 7.21. The van der Waals surface area contributed by atoms with Crippen molar-refractivity contribution in [3.63, 3.8) is 0 Å². The van der Waals surface area contributed by atoms with Gasteiger partial charge in [-0.3, -0.25) is 0 Å². The van der Waals surface area contributed by atoms with Crippen LogP contribution in [0.4, 0.5) is 10.1 Å². The molecule has 1 heterocycles. The first kappa shape index (κ1) is 13.1. The minimum atomic E-state index is -0.159. The fourth-order valence-electron chi connectivity index (χ4n) is 3.58. The van der Waals surface area contributed by atoms with E-state index in [1.54, 1.807) is 6.07 Å². The highest BCUT2D eigenvalue weighted by Gasteiger charge is 2.38. The van der Waals surface area contributed by atoms with Crippen molar-refractivity contribution < 1.29 is 4.39 Å². The standard InChI is InChI=1S/C18H15BrFN/c19-12-9-7-11(8-10-12)17-14-4-1-3-13(14)15-5-2-6-16(20)18(15)21-17/h1-3,5-10,13-14,17,21H,4H2/t13-,14-,17+/m0/s1. The highest BCUT2D eigenvalue weighted by atomic mass is 79.9. The van der Waals surface area contributed by atoms with Crippen molar-refractivity contribution in [2.75, 3.05) is 5.32 Å². The molecule has 0 saturated heterocycles. The molecule has 2 aromatic rings. The Morgan fingerprint density at radius 3 is 2.71 bits per heavy atom. The van der Waals surface area contributed by atoms with Crippen LogP contribution in [-0.4, -0.2) is 0 Å². The Kier molecular flexibility index (Phi) is 3.11. The van der Waals surface area contributed by atoms with E-state index in [-0.39, 0.29) is 11.9 Å². The van der Waals surface area contributed by atoms with Gasteiger partial charge in [0.2, 0.25) is 0 Å². The summed E-state index contributed by atoms with van der Waals surface area (Å²) in [5, 5.41) is 3.44. The lowest BCUT2D eigenvalue weighted by molar-refractivity contribution is 0.421. The van der Waals surface area contributed by atoms with Crippen LogP contribution < -0.4 is 5.32 Å². The number of para-hydroxylation sites is 1. The van der Waals surface area contributed by atoms with E-state index in [1.807, 2.05) is 18.2 Å². The van der Waals surface area contributed by atoms with Gasteiger partial charge in [0.1, 0.15) is 5.82 Å². The van der Waals surface area contributed by atoms with Gasteiger partial charge in [0.25, 0.3) is 0 Å². The topological polar surface area (TPSA) is 12.0 Å². The molecule has 0 amide bonds. The number of hydrogen-bond donors (Lipinski definition) is 1. The Morgan fingerprint density at radius 2 is 1.90 bits per heavy atom. The van der Waals surface area contributed by atoms with Crippen LogP contribution in [0.3, 0.4) is 0 Å². The number of nitrogens with one attached hydrogen (secondary N) is 1.